The van der Waals surface area contributed by atoms with Gasteiger partial charge in [-0.3, -0.25) is 9.78 Å². The Labute approximate surface area is 130 Å². The number of aryl methyl sites for hydroxylation is 1. The molecule has 2 rings (SSSR count). The van der Waals surface area contributed by atoms with Crippen molar-refractivity contribution in [1.82, 2.24) is 10.4 Å². The van der Waals surface area contributed by atoms with Crippen LogP contribution in [0.2, 0.25) is 0 Å². The first kappa shape index (κ1) is 14.9. The maximum atomic E-state index is 11.7. The van der Waals surface area contributed by atoms with Gasteiger partial charge < -0.3 is 0 Å². The van der Waals surface area contributed by atoms with E-state index in [9.17, 15) is 4.79 Å². The van der Waals surface area contributed by atoms with Crippen molar-refractivity contribution in [2.75, 3.05) is 0 Å². The van der Waals surface area contributed by atoms with Crippen molar-refractivity contribution in [2.45, 2.75) is 19.8 Å². The molecule has 0 aliphatic carbocycles. The Morgan fingerprint density at radius 3 is 3.10 bits per heavy atom. The lowest BCUT2D eigenvalue weighted by Crippen LogP contribution is -2.19. The average Bonchev–Trinajstić information content (AvgIpc) is 2.80. The van der Waals surface area contributed by atoms with Crippen molar-refractivity contribution >= 4 is 39.4 Å². The van der Waals surface area contributed by atoms with Gasteiger partial charge in [0.15, 0.2) is 0 Å². The van der Waals surface area contributed by atoms with Gasteiger partial charge in [0.2, 0.25) is 5.91 Å². The standard InChI is InChI=1S/C14H14BrN3OS/c1-2-13-12(15)7-11(20-13)9-17-18-14(19)6-10-4-3-5-16-8-10/h3-5,7-9H,2,6H2,1H3,(H,18,19)/b17-9+. The molecule has 0 atom stereocenters. The third kappa shape index (κ3) is 4.25. The fourth-order valence-corrected chi connectivity index (χ4v) is 3.41. The zero-order valence-electron chi connectivity index (χ0n) is 11.0. The minimum atomic E-state index is -0.152. The molecule has 0 aliphatic rings. The van der Waals surface area contributed by atoms with Crippen LogP contribution in [0, 0.1) is 0 Å². The number of amides is 1. The fraction of sp³-hybridized carbons (Fsp3) is 0.214. The quantitative estimate of drug-likeness (QED) is 0.664. The minimum absolute atomic E-state index is 0.152. The van der Waals surface area contributed by atoms with Crippen molar-refractivity contribution in [2.24, 2.45) is 5.10 Å². The van der Waals surface area contributed by atoms with Crippen molar-refractivity contribution in [3.05, 3.63) is 50.4 Å². The normalized spacial score (nSPS) is 10.9. The van der Waals surface area contributed by atoms with Gasteiger partial charge in [0.05, 0.1) is 12.6 Å². The molecule has 104 valence electrons. The van der Waals surface area contributed by atoms with Crippen LogP contribution in [0.15, 0.2) is 40.2 Å². The van der Waals surface area contributed by atoms with E-state index in [1.165, 1.54) is 4.88 Å². The van der Waals surface area contributed by atoms with Crippen molar-refractivity contribution in [3.8, 4) is 0 Å². The highest BCUT2D eigenvalue weighted by atomic mass is 79.9. The van der Waals surface area contributed by atoms with Gasteiger partial charge in [-0.15, -0.1) is 11.3 Å². The van der Waals surface area contributed by atoms with E-state index >= 15 is 0 Å². The van der Waals surface area contributed by atoms with Crippen LogP contribution in [0.4, 0.5) is 0 Å². The van der Waals surface area contributed by atoms with Gasteiger partial charge in [-0.25, -0.2) is 5.43 Å². The van der Waals surface area contributed by atoms with E-state index in [0.717, 1.165) is 21.3 Å². The number of halogens is 1. The average molecular weight is 352 g/mol. The lowest BCUT2D eigenvalue weighted by Gasteiger charge is -1.98. The maximum absolute atomic E-state index is 11.7. The molecule has 0 bridgehead atoms. The molecule has 0 unspecified atom stereocenters. The smallest absolute Gasteiger partial charge is 0.244 e. The van der Waals surface area contributed by atoms with Crippen LogP contribution < -0.4 is 5.43 Å². The SMILES string of the molecule is CCc1sc(/C=N/NC(=O)Cc2cccnc2)cc1Br. The summed E-state index contributed by atoms with van der Waals surface area (Å²) in [6.45, 7) is 2.10. The maximum Gasteiger partial charge on any atom is 0.244 e. The number of hydrogen-bond donors (Lipinski definition) is 1. The molecular weight excluding hydrogens is 338 g/mol. The molecular formula is C14H14BrN3OS. The van der Waals surface area contributed by atoms with Crippen LogP contribution in [-0.4, -0.2) is 17.1 Å². The van der Waals surface area contributed by atoms with Crippen LogP contribution >= 0.6 is 27.3 Å². The van der Waals surface area contributed by atoms with Crippen molar-refractivity contribution < 1.29 is 4.79 Å². The highest BCUT2D eigenvalue weighted by Crippen LogP contribution is 2.26. The van der Waals surface area contributed by atoms with Gasteiger partial charge >= 0.3 is 0 Å². The fourth-order valence-electron chi connectivity index (χ4n) is 1.63. The number of nitrogens with one attached hydrogen (secondary N) is 1. The molecule has 0 aliphatic heterocycles. The number of pyridine rings is 1. The highest BCUT2D eigenvalue weighted by molar-refractivity contribution is 9.10. The highest BCUT2D eigenvalue weighted by Gasteiger charge is 2.04. The second kappa shape index (κ2) is 7.31. The number of aromatic nitrogens is 1. The summed E-state index contributed by atoms with van der Waals surface area (Å²) in [5.74, 6) is -0.152. The Morgan fingerprint density at radius 1 is 1.60 bits per heavy atom. The van der Waals surface area contributed by atoms with E-state index in [2.05, 4.69) is 38.4 Å². The van der Waals surface area contributed by atoms with Gasteiger partial charge in [-0.05, 0) is 40.0 Å². The van der Waals surface area contributed by atoms with Crippen molar-refractivity contribution in [1.29, 1.82) is 0 Å². The lowest BCUT2D eigenvalue weighted by atomic mass is 10.2. The Hall–Kier alpha value is -1.53. The zero-order valence-corrected chi connectivity index (χ0v) is 13.4. The van der Waals surface area contributed by atoms with Gasteiger partial charge in [0, 0.05) is 26.6 Å². The third-order valence-electron chi connectivity index (χ3n) is 2.57. The monoisotopic (exact) mass is 351 g/mol. The van der Waals surface area contributed by atoms with Gasteiger partial charge in [0.1, 0.15) is 0 Å². The number of hydrogen-bond acceptors (Lipinski definition) is 4. The summed E-state index contributed by atoms with van der Waals surface area (Å²) >= 11 is 5.15. The summed E-state index contributed by atoms with van der Waals surface area (Å²) in [7, 11) is 0. The first-order valence-electron chi connectivity index (χ1n) is 6.18. The molecule has 0 fully saturated rings. The molecule has 0 saturated carbocycles. The van der Waals surface area contributed by atoms with E-state index in [0.29, 0.717) is 0 Å². The summed E-state index contributed by atoms with van der Waals surface area (Å²) in [5.41, 5.74) is 3.39. The van der Waals surface area contributed by atoms with Gasteiger partial charge in [0.25, 0.3) is 0 Å². The van der Waals surface area contributed by atoms with Crippen LogP contribution in [0.5, 0.6) is 0 Å². The molecule has 1 amide bonds. The molecule has 2 heterocycles. The molecule has 0 saturated heterocycles. The molecule has 6 heteroatoms. The van der Waals surface area contributed by atoms with Crippen LogP contribution in [-0.2, 0) is 17.6 Å². The number of carbonyl (C=O) groups excluding carboxylic acids is 1. The summed E-state index contributed by atoms with van der Waals surface area (Å²) in [6.07, 6.45) is 6.27. The Kier molecular flexibility index (Phi) is 5.43. The topological polar surface area (TPSA) is 54.4 Å². The van der Waals surface area contributed by atoms with Crippen LogP contribution in [0.25, 0.3) is 0 Å². The summed E-state index contributed by atoms with van der Waals surface area (Å²) in [5, 5.41) is 3.97. The molecule has 2 aromatic heterocycles. The molecule has 4 nitrogen and oxygen atoms in total. The summed E-state index contributed by atoms with van der Waals surface area (Å²) in [6, 6.07) is 5.67. The first-order chi connectivity index (χ1) is 9.69. The number of carbonyl (C=O) groups is 1. The van der Waals surface area contributed by atoms with E-state index < -0.39 is 0 Å². The predicted molar refractivity (Wildman–Crippen MR) is 85.1 cm³/mol. The number of hydrazone groups is 1. The first-order valence-corrected chi connectivity index (χ1v) is 7.79. The molecule has 0 aromatic carbocycles. The second-order valence-corrected chi connectivity index (χ2v) is 6.13. The molecule has 2 aromatic rings. The molecule has 0 radical (unpaired) electrons. The summed E-state index contributed by atoms with van der Waals surface area (Å²) in [4.78, 5) is 17.9. The Balaban J connectivity index is 1.88. The predicted octanol–water partition coefficient (Wildman–Crippen LogP) is 3.16. The van der Waals surface area contributed by atoms with E-state index in [-0.39, 0.29) is 12.3 Å². The van der Waals surface area contributed by atoms with E-state index in [1.807, 2.05) is 12.1 Å². The lowest BCUT2D eigenvalue weighted by molar-refractivity contribution is -0.120. The second-order valence-electron chi connectivity index (χ2n) is 4.10. The number of nitrogens with zero attached hydrogens (tertiary/aromatic N) is 2. The third-order valence-corrected chi connectivity index (χ3v) is 4.75. The van der Waals surface area contributed by atoms with Gasteiger partial charge in [-0.2, -0.15) is 5.10 Å². The summed E-state index contributed by atoms with van der Waals surface area (Å²) < 4.78 is 1.09. The molecule has 20 heavy (non-hydrogen) atoms. The number of rotatable bonds is 5. The van der Waals surface area contributed by atoms with E-state index in [4.69, 9.17) is 0 Å². The largest absolute Gasteiger partial charge is 0.273 e. The minimum Gasteiger partial charge on any atom is -0.273 e. The van der Waals surface area contributed by atoms with E-state index in [1.54, 1.807) is 36.0 Å². The van der Waals surface area contributed by atoms with Crippen LogP contribution in [0.3, 0.4) is 0 Å². The van der Waals surface area contributed by atoms with Crippen molar-refractivity contribution in [3.63, 3.8) is 0 Å². The Morgan fingerprint density at radius 2 is 2.45 bits per heavy atom. The Bertz CT molecular complexity index is 610. The number of thiophene rings is 1. The zero-order chi connectivity index (χ0) is 14.4. The van der Waals surface area contributed by atoms with Crippen LogP contribution in [0.1, 0.15) is 22.2 Å². The molecule has 1 N–H and O–H groups in total. The molecule has 0 spiro atoms. The van der Waals surface area contributed by atoms with Gasteiger partial charge in [-0.1, -0.05) is 13.0 Å².